The van der Waals surface area contributed by atoms with E-state index in [0.29, 0.717) is 6.04 Å². The number of benzene rings is 1. The van der Waals surface area contributed by atoms with E-state index >= 15 is 0 Å². The van der Waals surface area contributed by atoms with Crippen LogP contribution in [-0.4, -0.2) is 11.0 Å². The molecule has 0 aliphatic rings. The number of nitrogens with one attached hydrogen (secondary N) is 1. The summed E-state index contributed by atoms with van der Waals surface area (Å²) in [5, 5.41) is 7.42. The fourth-order valence-corrected chi connectivity index (χ4v) is 3.16. The molecule has 1 aromatic carbocycles. The van der Waals surface area contributed by atoms with Crippen LogP contribution >= 0.6 is 38.9 Å². The Morgan fingerprint density at radius 1 is 1.37 bits per heavy atom. The lowest BCUT2D eigenvalue weighted by Gasteiger charge is -2.20. The van der Waals surface area contributed by atoms with Crippen LogP contribution in [0.1, 0.15) is 36.2 Å². The quantitative estimate of drug-likeness (QED) is 0.835. The first-order chi connectivity index (χ1) is 8.97. The molecule has 19 heavy (non-hydrogen) atoms. The predicted octanol–water partition coefficient (Wildman–Crippen LogP) is 4.95. The van der Waals surface area contributed by atoms with E-state index in [1.54, 1.807) is 11.3 Å². The van der Waals surface area contributed by atoms with Gasteiger partial charge in [-0.15, -0.1) is 11.3 Å². The normalized spacial score (nSPS) is 12.9. The average molecular weight is 360 g/mol. The molecule has 0 radical (unpaired) electrons. The highest BCUT2D eigenvalue weighted by Crippen LogP contribution is 2.30. The molecule has 0 bridgehead atoms. The van der Waals surface area contributed by atoms with Crippen LogP contribution in [0.4, 0.5) is 0 Å². The fourth-order valence-electron chi connectivity index (χ4n) is 1.84. The van der Waals surface area contributed by atoms with Crippen molar-refractivity contribution in [1.29, 1.82) is 0 Å². The Bertz CT molecular complexity index is 568. The number of aryl methyl sites for hydroxylation is 1. The van der Waals surface area contributed by atoms with E-state index in [9.17, 15) is 0 Å². The minimum atomic E-state index is 0.0873. The summed E-state index contributed by atoms with van der Waals surface area (Å²) in [5.74, 6) is 0. The molecule has 0 amide bonds. The van der Waals surface area contributed by atoms with Crippen molar-refractivity contribution in [3.8, 4) is 0 Å². The van der Waals surface area contributed by atoms with E-state index in [1.807, 2.05) is 19.1 Å². The summed E-state index contributed by atoms with van der Waals surface area (Å²) in [6, 6.07) is 6.50. The first-order valence-electron chi connectivity index (χ1n) is 6.10. The van der Waals surface area contributed by atoms with Crippen molar-refractivity contribution >= 4 is 38.9 Å². The van der Waals surface area contributed by atoms with Crippen molar-refractivity contribution < 1.29 is 0 Å². The third-order valence-electron chi connectivity index (χ3n) is 2.66. The smallest absolute Gasteiger partial charge is 0.114 e. The highest BCUT2D eigenvalue weighted by molar-refractivity contribution is 9.10. The second-order valence-corrected chi connectivity index (χ2v) is 6.91. The average Bonchev–Trinajstić information content (AvgIpc) is 2.76. The topological polar surface area (TPSA) is 24.9 Å². The van der Waals surface area contributed by atoms with E-state index in [-0.39, 0.29) is 6.04 Å². The van der Waals surface area contributed by atoms with Crippen molar-refractivity contribution in [1.82, 2.24) is 10.3 Å². The van der Waals surface area contributed by atoms with Gasteiger partial charge in [-0.2, -0.15) is 0 Å². The van der Waals surface area contributed by atoms with Crippen molar-refractivity contribution in [3.05, 3.63) is 49.3 Å². The zero-order valence-corrected chi connectivity index (χ0v) is 14.2. The van der Waals surface area contributed by atoms with Gasteiger partial charge in [-0.1, -0.05) is 17.7 Å². The van der Waals surface area contributed by atoms with Crippen molar-refractivity contribution in [3.63, 3.8) is 0 Å². The number of nitrogens with zero attached hydrogens (tertiary/aromatic N) is 1. The molecule has 2 rings (SSSR count). The third-order valence-corrected chi connectivity index (χ3v) is 4.92. The zero-order chi connectivity index (χ0) is 14.0. The molecule has 1 heterocycles. The Morgan fingerprint density at radius 2 is 2.11 bits per heavy atom. The molecule has 0 fully saturated rings. The van der Waals surface area contributed by atoms with Gasteiger partial charge in [0, 0.05) is 21.6 Å². The maximum absolute atomic E-state index is 6.20. The largest absolute Gasteiger partial charge is 0.302 e. The lowest BCUT2D eigenvalue weighted by atomic mass is 10.1. The number of rotatable bonds is 4. The van der Waals surface area contributed by atoms with Crippen molar-refractivity contribution in [2.75, 3.05) is 0 Å². The van der Waals surface area contributed by atoms with Gasteiger partial charge in [-0.3, -0.25) is 0 Å². The second-order valence-electron chi connectivity index (χ2n) is 4.76. The number of hydrogen-bond donors (Lipinski definition) is 1. The molecule has 1 unspecified atom stereocenters. The summed E-state index contributed by atoms with van der Waals surface area (Å²) in [6.45, 7) is 6.28. The van der Waals surface area contributed by atoms with Crippen LogP contribution in [0, 0.1) is 6.92 Å². The van der Waals surface area contributed by atoms with Gasteiger partial charge in [0.15, 0.2) is 0 Å². The predicted molar refractivity (Wildman–Crippen MR) is 86.1 cm³/mol. The molecule has 0 saturated heterocycles. The molecule has 2 aromatic rings. The SMILES string of the molecule is Cc1csc(C(NC(C)C)c2ccc(Br)c(Cl)c2)n1. The van der Waals surface area contributed by atoms with Gasteiger partial charge in [0.2, 0.25) is 0 Å². The summed E-state index contributed by atoms with van der Waals surface area (Å²) in [4.78, 5) is 4.59. The van der Waals surface area contributed by atoms with Crippen LogP contribution in [0.5, 0.6) is 0 Å². The van der Waals surface area contributed by atoms with Crippen LogP contribution in [0.3, 0.4) is 0 Å². The zero-order valence-electron chi connectivity index (χ0n) is 11.1. The second kappa shape index (κ2) is 6.35. The summed E-state index contributed by atoms with van der Waals surface area (Å²) >= 11 is 11.3. The Hall–Kier alpha value is -0.420. The van der Waals surface area contributed by atoms with Gasteiger partial charge in [0.1, 0.15) is 5.01 Å². The molecule has 1 N–H and O–H groups in total. The van der Waals surface area contributed by atoms with Crippen LogP contribution in [0.15, 0.2) is 28.1 Å². The van der Waals surface area contributed by atoms with Crippen LogP contribution < -0.4 is 5.32 Å². The Kier molecular flexibility index (Phi) is 5.01. The molecule has 0 aliphatic heterocycles. The van der Waals surface area contributed by atoms with E-state index in [1.165, 1.54) is 0 Å². The molecular weight excluding hydrogens is 344 g/mol. The highest BCUT2D eigenvalue weighted by atomic mass is 79.9. The van der Waals surface area contributed by atoms with Gasteiger partial charge < -0.3 is 5.32 Å². The van der Waals surface area contributed by atoms with Gasteiger partial charge in [0.05, 0.1) is 11.1 Å². The third kappa shape index (κ3) is 3.78. The molecule has 0 aliphatic carbocycles. The molecule has 0 saturated carbocycles. The standard InChI is InChI=1S/C14H16BrClN2S/c1-8(2)17-13(14-18-9(3)7-19-14)10-4-5-11(15)12(16)6-10/h4-8,13,17H,1-3H3. The number of thiazole rings is 1. The van der Waals surface area contributed by atoms with E-state index < -0.39 is 0 Å². The molecule has 5 heteroatoms. The minimum Gasteiger partial charge on any atom is -0.302 e. The first-order valence-corrected chi connectivity index (χ1v) is 8.15. The molecule has 1 atom stereocenters. The minimum absolute atomic E-state index is 0.0873. The lowest BCUT2D eigenvalue weighted by Crippen LogP contribution is -2.28. The molecular formula is C14H16BrClN2S. The maximum Gasteiger partial charge on any atom is 0.114 e. The molecule has 1 aromatic heterocycles. The van der Waals surface area contributed by atoms with Crippen LogP contribution in [-0.2, 0) is 0 Å². The van der Waals surface area contributed by atoms with Gasteiger partial charge in [-0.25, -0.2) is 4.98 Å². The number of aromatic nitrogens is 1. The number of halogens is 2. The van der Waals surface area contributed by atoms with Gasteiger partial charge in [-0.05, 0) is 54.4 Å². The highest BCUT2D eigenvalue weighted by Gasteiger charge is 2.19. The van der Waals surface area contributed by atoms with Gasteiger partial charge in [0.25, 0.3) is 0 Å². The van der Waals surface area contributed by atoms with E-state index in [0.717, 1.165) is 25.8 Å². The van der Waals surface area contributed by atoms with Gasteiger partial charge >= 0.3 is 0 Å². The summed E-state index contributed by atoms with van der Waals surface area (Å²) in [6.07, 6.45) is 0. The van der Waals surface area contributed by atoms with E-state index in [2.05, 4.69) is 51.5 Å². The lowest BCUT2D eigenvalue weighted by molar-refractivity contribution is 0.526. The van der Waals surface area contributed by atoms with E-state index in [4.69, 9.17) is 11.6 Å². The summed E-state index contributed by atoms with van der Waals surface area (Å²) in [7, 11) is 0. The first kappa shape index (κ1) is 15.0. The molecule has 102 valence electrons. The monoisotopic (exact) mass is 358 g/mol. The van der Waals surface area contributed by atoms with Crippen molar-refractivity contribution in [2.45, 2.75) is 32.9 Å². The Morgan fingerprint density at radius 3 is 2.63 bits per heavy atom. The molecule has 2 nitrogen and oxygen atoms in total. The number of hydrogen-bond acceptors (Lipinski definition) is 3. The maximum atomic E-state index is 6.20. The van der Waals surface area contributed by atoms with Crippen molar-refractivity contribution in [2.24, 2.45) is 0 Å². The summed E-state index contributed by atoms with van der Waals surface area (Å²) < 4.78 is 0.913. The van der Waals surface area contributed by atoms with Crippen LogP contribution in [0.2, 0.25) is 5.02 Å². The summed E-state index contributed by atoms with van der Waals surface area (Å²) in [5.41, 5.74) is 2.19. The Labute approximate surface area is 131 Å². The molecule has 0 spiro atoms. The fraction of sp³-hybridized carbons (Fsp3) is 0.357. The van der Waals surface area contributed by atoms with Crippen LogP contribution in [0.25, 0.3) is 0 Å². The Balaban J connectivity index is 2.39.